The summed E-state index contributed by atoms with van der Waals surface area (Å²) in [6.07, 6.45) is 4.80. The molecule has 0 spiro atoms. The summed E-state index contributed by atoms with van der Waals surface area (Å²) in [6, 6.07) is 7.75. The van der Waals surface area contributed by atoms with Crippen molar-refractivity contribution in [3.8, 4) is 0 Å². The third kappa shape index (κ3) is 4.99. The molecule has 0 radical (unpaired) electrons. The van der Waals surface area contributed by atoms with E-state index >= 15 is 0 Å². The van der Waals surface area contributed by atoms with Crippen molar-refractivity contribution in [2.45, 2.75) is 51.2 Å². The number of carbonyl (C=O) groups is 1. The number of halogens is 1. The minimum atomic E-state index is -0.700. The van der Waals surface area contributed by atoms with Crippen molar-refractivity contribution in [2.75, 3.05) is 11.9 Å². The molecule has 1 fully saturated rings. The first kappa shape index (κ1) is 18.0. The number of anilines is 1. The molecule has 0 aliphatic heterocycles. The minimum Gasteiger partial charge on any atom is -0.377 e. The lowest BCUT2D eigenvalue weighted by molar-refractivity contribution is -0.122. The molecule has 0 unspecified atom stereocenters. The van der Waals surface area contributed by atoms with Gasteiger partial charge in [-0.15, -0.1) is 12.4 Å². The summed E-state index contributed by atoms with van der Waals surface area (Å²) in [6.45, 7) is 3.21. The molecule has 1 aliphatic rings. The Balaban J connectivity index is 0.00000220. The van der Waals surface area contributed by atoms with Crippen molar-refractivity contribution in [2.24, 2.45) is 5.73 Å². The zero-order chi connectivity index (χ0) is 14.4. The SMILES string of the molecule is CCOCc1cccc(NC(=O)C2(N)CCCCC2)c1.Cl. The van der Waals surface area contributed by atoms with E-state index in [-0.39, 0.29) is 18.3 Å². The summed E-state index contributed by atoms with van der Waals surface area (Å²) in [5.74, 6) is -0.0641. The summed E-state index contributed by atoms with van der Waals surface area (Å²) in [5, 5.41) is 2.95. The third-order valence-corrected chi connectivity index (χ3v) is 3.86. The van der Waals surface area contributed by atoms with E-state index in [2.05, 4.69) is 5.32 Å². The maximum atomic E-state index is 12.3. The molecule has 1 aliphatic carbocycles. The molecule has 0 atom stereocenters. The topological polar surface area (TPSA) is 64.3 Å². The Morgan fingerprint density at radius 3 is 2.71 bits per heavy atom. The van der Waals surface area contributed by atoms with Gasteiger partial charge in [0.15, 0.2) is 0 Å². The van der Waals surface area contributed by atoms with Crippen LogP contribution in [0.25, 0.3) is 0 Å². The highest BCUT2D eigenvalue weighted by Crippen LogP contribution is 2.27. The van der Waals surface area contributed by atoms with Crippen LogP contribution in [0.1, 0.15) is 44.6 Å². The summed E-state index contributed by atoms with van der Waals surface area (Å²) in [4.78, 5) is 12.3. The van der Waals surface area contributed by atoms with E-state index in [4.69, 9.17) is 10.5 Å². The fraction of sp³-hybridized carbons (Fsp3) is 0.562. The van der Waals surface area contributed by atoms with Crippen molar-refractivity contribution in [3.63, 3.8) is 0 Å². The molecular weight excluding hydrogens is 288 g/mol. The fourth-order valence-corrected chi connectivity index (χ4v) is 2.62. The van der Waals surface area contributed by atoms with E-state index in [0.29, 0.717) is 13.2 Å². The molecule has 4 nitrogen and oxygen atoms in total. The second-order valence-electron chi connectivity index (χ2n) is 5.51. The molecular formula is C16H25ClN2O2. The number of hydrogen-bond donors (Lipinski definition) is 2. The number of carbonyl (C=O) groups excluding carboxylic acids is 1. The van der Waals surface area contributed by atoms with Gasteiger partial charge in [0.25, 0.3) is 0 Å². The Labute approximate surface area is 132 Å². The van der Waals surface area contributed by atoms with Crippen molar-refractivity contribution < 1.29 is 9.53 Å². The van der Waals surface area contributed by atoms with Gasteiger partial charge in [-0.2, -0.15) is 0 Å². The fourth-order valence-electron chi connectivity index (χ4n) is 2.62. The second-order valence-corrected chi connectivity index (χ2v) is 5.51. The Hall–Kier alpha value is -1.10. The van der Waals surface area contributed by atoms with Crippen LogP contribution >= 0.6 is 12.4 Å². The van der Waals surface area contributed by atoms with Crippen LogP contribution in [0.4, 0.5) is 5.69 Å². The second kappa shape index (κ2) is 8.37. The molecule has 21 heavy (non-hydrogen) atoms. The maximum absolute atomic E-state index is 12.3. The van der Waals surface area contributed by atoms with Crippen LogP contribution in [0.2, 0.25) is 0 Å². The Kier molecular flexibility index (Phi) is 7.15. The largest absolute Gasteiger partial charge is 0.377 e. The molecule has 1 aromatic rings. The molecule has 118 valence electrons. The lowest BCUT2D eigenvalue weighted by Crippen LogP contribution is -2.52. The van der Waals surface area contributed by atoms with Gasteiger partial charge in [0.05, 0.1) is 12.1 Å². The normalized spacial score (nSPS) is 16.9. The first-order valence-corrected chi connectivity index (χ1v) is 7.41. The summed E-state index contributed by atoms with van der Waals surface area (Å²) in [7, 11) is 0. The number of benzene rings is 1. The third-order valence-electron chi connectivity index (χ3n) is 3.86. The quantitative estimate of drug-likeness (QED) is 0.877. The van der Waals surface area contributed by atoms with Crippen LogP contribution in [0.15, 0.2) is 24.3 Å². The number of ether oxygens (including phenoxy) is 1. The molecule has 1 saturated carbocycles. The van der Waals surface area contributed by atoms with E-state index < -0.39 is 5.54 Å². The highest BCUT2D eigenvalue weighted by atomic mass is 35.5. The molecule has 3 N–H and O–H groups in total. The van der Waals surface area contributed by atoms with Gasteiger partial charge in [-0.05, 0) is 37.5 Å². The van der Waals surface area contributed by atoms with Crippen LogP contribution in [0.3, 0.4) is 0 Å². The molecule has 2 rings (SSSR count). The molecule has 0 aromatic heterocycles. The van der Waals surface area contributed by atoms with Crippen LogP contribution in [0.5, 0.6) is 0 Å². The Bertz CT molecular complexity index is 459. The highest BCUT2D eigenvalue weighted by Gasteiger charge is 2.35. The first-order valence-electron chi connectivity index (χ1n) is 7.41. The molecule has 1 amide bonds. The van der Waals surface area contributed by atoms with Gasteiger partial charge >= 0.3 is 0 Å². The van der Waals surface area contributed by atoms with Crippen LogP contribution in [-0.4, -0.2) is 18.1 Å². The van der Waals surface area contributed by atoms with Gasteiger partial charge in [0.2, 0.25) is 5.91 Å². The maximum Gasteiger partial charge on any atom is 0.244 e. The minimum absolute atomic E-state index is 0. The number of hydrogen-bond acceptors (Lipinski definition) is 3. The van der Waals surface area contributed by atoms with E-state index in [9.17, 15) is 4.79 Å². The van der Waals surface area contributed by atoms with E-state index in [1.807, 2.05) is 31.2 Å². The van der Waals surface area contributed by atoms with Crippen LogP contribution in [0, 0.1) is 0 Å². The van der Waals surface area contributed by atoms with Crippen molar-refractivity contribution >= 4 is 24.0 Å². The average Bonchev–Trinajstić information content (AvgIpc) is 2.46. The Morgan fingerprint density at radius 1 is 1.33 bits per heavy atom. The molecule has 1 aromatic carbocycles. The predicted molar refractivity (Wildman–Crippen MR) is 87.7 cm³/mol. The van der Waals surface area contributed by atoms with Gasteiger partial charge in [0, 0.05) is 12.3 Å². The average molecular weight is 313 g/mol. The summed E-state index contributed by atoms with van der Waals surface area (Å²) >= 11 is 0. The van der Waals surface area contributed by atoms with Gasteiger partial charge < -0.3 is 15.8 Å². The lowest BCUT2D eigenvalue weighted by atomic mass is 9.82. The zero-order valence-electron chi connectivity index (χ0n) is 12.6. The Morgan fingerprint density at radius 2 is 2.05 bits per heavy atom. The summed E-state index contributed by atoms with van der Waals surface area (Å²) in [5.41, 5.74) is 7.38. The van der Waals surface area contributed by atoms with E-state index in [0.717, 1.165) is 36.9 Å². The predicted octanol–water partition coefficient (Wildman–Crippen LogP) is 3.25. The first-order chi connectivity index (χ1) is 9.64. The van der Waals surface area contributed by atoms with Crippen molar-refractivity contribution in [3.05, 3.63) is 29.8 Å². The van der Waals surface area contributed by atoms with Crippen molar-refractivity contribution in [1.82, 2.24) is 0 Å². The van der Waals surface area contributed by atoms with Gasteiger partial charge in [0.1, 0.15) is 0 Å². The molecule has 5 heteroatoms. The number of nitrogens with one attached hydrogen (secondary N) is 1. The highest BCUT2D eigenvalue weighted by molar-refractivity contribution is 5.98. The van der Waals surface area contributed by atoms with Crippen LogP contribution < -0.4 is 11.1 Å². The van der Waals surface area contributed by atoms with E-state index in [1.54, 1.807) is 0 Å². The molecule has 0 bridgehead atoms. The van der Waals surface area contributed by atoms with Gasteiger partial charge in [-0.3, -0.25) is 4.79 Å². The molecule has 0 saturated heterocycles. The van der Waals surface area contributed by atoms with E-state index in [1.165, 1.54) is 6.42 Å². The molecule has 0 heterocycles. The monoisotopic (exact) mass is 312 g/mol. The number of amides is 1. The van der Waals surface area contributed by atoms with Gasteiger partial charge in [-0.1, -0.05) is 31.4 Å². The number of rotatable bonds is 5. The van der Waals surface area contributed by atoms with Gasteiger partial charge in [-0.25, -0.2) is 0 Å². The summed E-state index contributed by atoms with van der Waals surface area (Å²) < 4.78 is 5.38. The smallest absolute Gasteiger partial charge is 0.244 e. The lowest BCUT2D eigenvalue weighted by Gasteiger charge is -2.31. The van der Waals surface area contributed by atoms with Crippen LogP contribution in [-0.2, 0) is 16.1 Å². The zero-order valence-corrected chi connectivity index (χ0v) is 13.4. The van der Waals surface area contributed by atoms with Crippen molar-refractivity contribution in [1.29, 1.82) is 0 Å². The number of nitrogens with two attached hydrogens (primary N) is 1. The standard InChI is InChI=1S/C16H24N2O2.ClH/c1-2-20-12-13-7-6-8-14(11-13)18-15(19)16(17)9-4-3-5-10-16;/h6-8,11H,2-5,9-10,12,17H2,1H3,(H,18,19);1H.